The summed E-state index contributed by atoms with van der Waals surface area (Å²) in [7, 11) is 1.67. The normalized spacial score (nSPS) is 12.2. The first-order chi connectivity index (χ1) is 9.69. The zero-order valence-corrected chi connectivity index (χ0v) is 13.0. The number of methoxy groups -OCH3 is 1. The highest BCUT2D eigenvalue weighted by Gasteiger charge is 2.07. The molecule has 0 saturated carbocycles. The van der Waals surface area contributed by atoms with E-state index in [-0.39, 0.29) is 6.04 Å². The van der Waals surface area contributed by atoms with E-state index in [1.54, 1.807) is 18.9 Å². The van der Waals surface area contributed by atoms with Crippen LogP contribution in [0.25, 0.3) is 0 Å². The van der Waals surface area contributed by atoms with Gasteiger partial charge in [0.1, 0.15) is 5.75 Å². The number of nitrogens with two attached hydrogens (primary N) is 1. The van der Waals surface area contributed by atoms with E-state index in [4.69, 9.17) is 22.1 Å². The number of ether oxygens (including phenoxy) is 1. The van der Waals surface area contributed by atoms with Gasteiger partial charge in [0.25, 0.3) is 0 Å². The summed E-state index contributed by atoms with van der Waals surface area (Å²) in [5.41, 5.74) is 7.38. The summed E-state index contributed by atoms with van der Waals surface area (Å²) >= 11 is 7.83. The molecule has 0 saturated heterocycles. The Bertz CT molecular complexity index is 562. The van der Waals surface area contributed by atoms with E-state index < -0.39 is 0 Å². The van der Waals surface area contributed by atoms with Crippen molar-refractivity contribution in [2.24, 2.45) is 5.73 Å². The molecule has 0 aliphatic heterocycles. The van der Waals surface area contributed by atoms with Crippen LogP contribution in [0.2, 0.25) is 5.02 Å². The predicted octanol–water partition coefficient (Wildman–Crippen LogP) is 4.01. The van der Waals surface area contributed by atoms with Crippen LogP contribution in [0, 0.1) is 0 Å². The van der Waals surface area contributed by atoms with Crippen molar-refractivity contribution in [3.63, 3.8) is 0 Å². The Hall–Kier alpha value is -1.16. The molecule has 0 amide bonds. The number of thioether (sulfide) groups is 1. The van der Waals surface area contributed by atoms with E-state index in [0.29, 0.717) is 0 Å². The van der Waals surface area contributed by atoms with Gasteiger partial charge in [-0.1, -0.05) is 35.9 Å². The monoisotopic (exact) mass is 307 g/mol. The second kappa shape index (κ2) is 7.58. The third-order valence-electron chi connectivity index (χ3n) is 2.92. The van der Waals surface area contributed by atoms with Crippen LogP contribution < -0.4 is 10.5 Å². The molecule has 0 spiro atoms. The molecule has 1 atom stereocenters. The second-order valence-corrected chi connectivity index (χ2v) is 6.03. The Morgan fingerprint density at radius 1 is 1.20 bits per heavy atom. The van der Waals surface area contributed by atoms with Crippen molar-refractivity contribution in [2.75, 3.05) is 12.9 Å². The van der Waals surface area contributed by atoms with Crippen LogP contribution in [0.5, 0.6) is 5.75 Å². The standard InChI is InChI=1S/C16H18ClNOS/c1-19-14-6-4-5-12(10-14)9-13(18)11-20-16-8-3-2-7-15(16)17/h2-8,10,13H,9,11,18H2,1H3. The van der Waals surface area contributed by atoms with Crippen molar-refractivity contribution < 1.29 is 4.74 Å². The molecule has 2 rings (SSSR count). The molecule has 2 N–H and O–H groups in total. The Labute approximate surface area is 129 Å². The van der Waals surface area contributed by atoms with Gasteiger partial charge in [-0.25, -0.2) is 0 Å². The van der Waals surface area contributed by atoms with Crippen LogP contribution in [0.3, 0.4) is 0 Å². The first-order valence-electron chi connectivity index (χ1n) is 6.45. The molecular weight excluding hydrogens is 290 g/mol. The van der Waals surface area contributed by atoms with Gasteiger partial charge in [-0.05, 0) is 36.2 Å². The van der Waals surface area contributed by atoms with Crippen molar-refractivity contribution in [3.8, 4) is 5.75 Å². The summed E-state index contributed by atoms with van der Waals surface area (Å²) in [6, 6.07) is 16.0. The predicted molar refractivity (Wildman–Crippen MR) is 86.8 cm³/mol. The average molecular weight is 308 g/mol. The van der Waals surface area contributed by atoms with E-state index in [1.165, 1.54) is 5.56 Å². The van der Waals surface area contributed by atoms with E-state index in [0.717, 1.165) is 27.8 Å². The van der Waals surface area contributed by atoms with Crippen molar-refractivity contribution >= 4 is 23.4 Å². The largest absolute Gasteiger partial charge is 0.497 e. The van der Waals surface area contributed by atoms with Crippen LogP contribution >= 0.6 is 23.4 Å². The number of rotatable bonds is 6. The molecule has 0 fully saturated rings. The minimum Gasteiger partial charge on any atom is -0.497 e. The Morgan fingerprint density at radius 2 is 2.00 bits per heavy atom. The molecule has 106 valence electrons. The maximum absolute atomic E-state index is 6.19. The fourth-order valence-electron chi connectivity index (χ4n) is 1.92. The molecule has 0 bridgehead atoms. The Balaban J connectivity index is 1.89. The minimum absolute atomic E-state index is 0.0865. The topological polar surface area (TPSA) is 35.2 Å². The van der Waals surface area contributed by atoms with Gasteiger partial charge in [0.2, 0.25) is 0 Å². The van der Waals surface area contributed by atoms with Crippen LogP contribution in [-0.4, -0.2) is 18.9 Å². The van der Waals surface area contributed by atoms with Gasteiger partial charge in [-0.2, -0.15) is 0 Å². The van der Waals surface area contributed by atoms with Gasteiger partial charge in [0.05, 0.1) is 12.1 Å². The summed E-state index contributed by atoms with van der Waals surface area (Å²) in [4.78, 5) is 1.08. The van der Waals surface area contributed by atoms with Gasteiger partial charge in [0, 0.05) is 16.7 Å². The molecule has 2 aromatic carbocycles. The van der Waals surface area contributed by atoms with Crippen molar-refractivity contribution in [3.05, 3.63) is 59.1 Å². The minimum atomic E-state index is 0.0865. The highest BCUT2D eigenvalue weighted by molar-refractivity contribution is 7.99. The molecule has 0 radical (unpaired) electrons. The molecule has 0 heterocycles. The summed E-state index contributed by atoms with van der Waals surface area (Å²) in [6.45, 7) is 0. The van der Waals surface area contributed by atoms with Crippen LogP contribution in [0.15, 0.2) is 53.4 Å². The molecule has 1 unspecified atom stereocenters. The lowest BCUT2D eigenvalue weighted by Gasteiger charge is -2.12. The van der Waals surface area contributed by atoms with Crippen molar-refractivity contribution in [2.45, 2.75) is 17.4 Å². The molecular formula is C16H18ClNOS. The van der Waals surface area contributed by atoms with Gasteiger partial charge < -0.3 is 10.5 Å². The molecule has 0 aliphatic rings. The van der Waals surface area contributed by atoms with Gasteiger partial charge >= 0.3 is 0 Å². The van der Waals surface area contributed by atoms with Gasteiger partial charge in [-0.15, -0.1) is 11.8 Å². The molecule has 4 heteroatoms. The number of benzene rings is 2. The average Bonchev–Trinajstić information content (AvgIpc) is 2.46. The van der Waals surface area contributed by atoms with Gasteiger partial charge in [0.15, 0.2) is 0 Å². The summed E-state index contributed by atoms with van der Waals surface area (Å²) in [6.07, 6.45) is 0.828. The quantitative estimate of drug-likeness (QED) is 0.819. The van der Waals surface area contributed by atoms with Crippen LogP contribution in [0.1, 0.15) is 5.56 Å². The van der Waals surface area contributed by atoms with Gasteiger partial charge in [-0.3, -0.25) is 0 Å². The lowest BCUT2D eigenvalue weighted by Crippen LogP contribution is -2.25. The molecule has 0 aliphatic carbocycles. The van der Waals surface area contributed by atoms with Crippen LogP contribution in [0.4, 0.5) is 0 Å². The zero-order valence-electron chi connectivity index (χ0n) is 11.4. The smallest absolute Gasteiger partial charge is 0.119 e. The SMILES string of the molecule is COc1cccc(CC(N)CSc2ccccc2Cl)c1. The fraction of sp³-hybridized carbons (Fsp3) is 0.250. The fourth-order valence-corrected chi connectivity index (χ4v) is 3.11. The van der Waals surface area contributed by atoms with E-state index >= 15 is 0 Å². The number of halogens is 1. The third-order valence-corrected chi connectivity index (χ3v) is 4.63. The molecule has 20 heavy (non-hydrogen) atoms. The lowest BCUT2D eigenvalue weighted by molar-refractivity contribution is 0.414. The molecule has 2 nitrogen and oxygen atoms in total. The van der Waals surface area contributed by atoms with Crippen molar-refractivity contribution in [1.29, 1.82) is 0 Å². The van der Waals surface area contributed by atoms with Crippen LogP contribution in [-0.2, 0) is 6.42 Å². The summed E-state index contributed by atoms with van der Waals surface area (Å²) in [5, 5.41) is 0.783. The first kappa shape index (κ1) is 15.2. The third kappa shape index (κ3) is 4.44. The highest BCUT2D eigenvalue weighted by Crippen LogP contribution is 2.27. The number of hydrogen-bond acceptors (Lipinski definition) is 3. The second-order valence-electron chi connectivity index (χ2n) is 4.56. The molecule has 0 aromatic heterocycles. The number of hydrogen-bond donors (Lipinski definition) is 1. The summed E-state index contributed by atoms with van der Waals surface area (Å²) in [5.74, 6) is 1.70. The van der Waals surface area contributed by atoms with E-state index in [1.807, 2.05) is 42.5 Å². The van der Waals surface area contributed by atoms with Crippen molar-refractivity contribution in [1.82, 2.24) is 0 Å². The maximum atomic E-state index is 6.19. The molecule has 2 aromatic rings. The highest BCUT2D eigenvalue weighted by atomic mass is 35.5. The first-order valence-corrected chi connectivity index (χ1v) is 7.81. The Morgan fingerprint density at radius 3 is 2.75 bits per heavy atom. The van der Waals surface area contributed by atoms with E-state index in [2.05, 4.69) is 6.07 Å². The zero-order chi connectivity index (χ0) is 14.4. The van der Waals surface area contributed by atoms with E-state index in [9.17, 15) is 0 Å². The maximum Gasteiger partial charge on any atom is 0.119 e. The lowest BCUT2D eigenvalue weighted by atomic mass is 10.1. The summed E-state index contributed by atoms with van der Waals surface area (Å²) < 4.78 is 5.22. The Kier molecular flexibility index (Phi) is 5.77.